The van der Waals surface area contributed by atoms with Gasteiger partial charge in [-0.05, 0) is 32.1 Å². The van der Waals surface area contributed by atoms with Gasteiger partial charge < -0.3 is 9.47 Å². The van der Waals surface area contributed by atoms with Crippen LogP contribution in [0.1, 0.15) is 64.7 Å². The lowest BCUT2D eigenvalue weighted by Gasteiger charge is -2.03. The number of halogens is 1. The molecule has 0 aromatic heterocycles. The Morgan fingerprint density at radius 3 is 2.32 bits per heavy atom. The fraction of sp³-hybridized carbons (Fsp3) is 0.875. The van der Waals surface area contributed by atoms with Crippen LogP contribution in [0.15, 0.2) is 12.2 Å². The number of ether oxygens (including phenoxy) is 2. The van der Waals surface area contributed by atoms with Gasteiger partial charge in [-0.1, -0.05) is 44.8 Å². The van der Waals surface area contributed by atoms with Crippen molar-refractivity contribution in [1.82, 2.24) is 0 Å². The molecule has 0 aliphatic carbocycles. The van der Waals surface area contributed by atoms with Gasteiger partial charge >= 0.3 is 0 Å². The average molecular weight is 291 g/mol. The molecule has 0 radical (unpaired) electrons. The number of alkyl halides is 1. The molecule has 0 N–H and O–H groups in total. The maximum absolute atomic E-state index is 5.62. The SMILES string of the molecule is CCCCCOCOCCC=CCCCCCCCl. The third kappa shape index (κ3) is 17.9. The van der Waals surface area contributed by atoms with Gasteiger partial charge in [0.05, 0.1) is 6.61 Å². The van der Waals surface area contributed by atoms with Gasteiger partial charge in [-0.3, -0.25) is 0 Å². The third-order valence-corrected chi connectivity index (χ3v) is 3.18. The Bertz CT molecular complexity index is 184. The van der Waals surface area contributed by atoms with Crippen molar-refractivity contribution in [3.63, 3.8) is 0 Å². The van der Waals surface area contributed by atoms with Gasteiger partial charge in [-0.15, -0.1) is 11.6 Å². The van der Waals surface area contributed by atoms with E-state index in [9.17, 15) is 0 Å². The molecule has 0 fully saturated rings. The molecule has 0 heterocycles. The first kappa shape index (κ1) is 18.9. The summed E-state index contributed by atoms with van der Waals surface area (Å²) in [5.41, 5.74) is 0. The minimum Gasteiger partial charge on any atom is -0.355 e. The van der Waals surface area contributed by atoms with Crippen molar-refractivity contribution in [1.29, 1.82) is 0 Å². The van der Waals surface area contributed by atoms with Gasteiger partial charge in [0.25, 0.3) is 0 Å². The summed E-state index contributed by atoms with van der Waals surface area (Å²) in [4.78, 5) is 0. The van der Waals surface area contributed by atoms with Crippen molar-refractivity contribution in [3.05, 3.63) is 12.2 Å². The van der Waals surface area contributed by atoms with Crippen molar-refractivity contribution in [2.45, 2.75) is 64.7 Å². The van der Waals surface area contributed by atoms with Crippen LogP contribution >= 0.6 is 11.6 Å². The Kier molecular flexibility index (Phi) is 17.9. The molecule has 114 valence electrons. The second-order valence-corrected chi connectivity index (χ2v) is 5.17. The summed E-state index contributed by atoms with van der Waals surface area (Å²) in [5.74, 6) is 0.799. The zero-order valence-corrected chi connectivity index (χ0v) is 13.3. The van der Waals surface area contributed by atoms with Crippen molar-refractivity contribution in [3.8, 4) is 0 Å². The van der Waals surface area contributed by atoms with E-state index in [0.29, 0.717) is 6.79 Å². The summed E-state index contributed by atoms with van der Waals surface area (Å²) < 4.78 is 10.7. The average Bonchev–Trinajstić information content (AvgIpc) is 2.43. The number of rotatable bonds is 15. The first-order valence-corrected chi connectivity index (χ1v) is 8.31. The van der Waals surface area contributed by atoms with E-state index in [2.05, 4.69) is 19.1 Å². The summed E-state index contributed by atoms with van der Waals surface area (Å²) in [6, 6.07) is 0. The molecule has 0 aliphatic heterocycles. The molecule has 0 saturated carbocycles. The molecule has 0 aromatic carbocycles. The van der Waals surface area contributed by atoms with Crippen molar-refractivity contribution in [2.75, 3.05) is 25.9 Å². The van der Waals surface area contributed by atoms with E-state index < -0.39 is 0 Å². The van der Waals surface area contributed by atoms with Crippen LogP contribution in [0.25, 0.3) is 0 Å². The van der Waals surface area contributed by atoms with Crippen LogP contribution in [0.4, 0.5) is 0 Å². The van der Waals surface area contributed by atoms with Crippen LogP contribution in [-0.4, -0.2) is 25.9 Å². The van der Waals surface area contributed by atoms with Gasteiger partial charge in [0.15, 0.2) is 0 Å². The second-order valence-electron chi connectivity index (χ2n) is 4.79. The molecule has 0 saturated heterocycles. The van der Waals surface area contributed by atoms with Crippen LogP contribution in [0.5, 0.6) is 0 Å². The third-order valence-electron chi connectivity index (χ3n) is 2.91. The molecule has 0 atom stereocenters. The molecule has 3 heteroatoms. The maximum atomic E-state index is 5.62. The molecule has 0 rings (SSSR count). The maximum Gasteiger partial charge on any atom is 0.146 e. The molecule has 0 spiro atoms. The largest absolute Gasteiger partial charge is 0.355 e. The predicted molar refractivity (Wildman–Crippen MR) is 83.9 cm³/mol. The van der Waals surface area contributed by atoms with Gasteiger partial charge in [0, 0.05) is 12.5 Å². The summed E-state index contributed by atoms with van der Waals surface area (Å²) >= 11 is 5.62. The van der Waals surface area contributed by atoms with E-state index in [-0.39, 0.29) is 0 Å². The monoisotopic (exact) mass is 290 g/mol. The Morgan fingerprint density at radius 1 is 0.789 bits per heavy atom. The zero-order chi connectivity index (χ0) is 14.0. The lowest BCUT2D eigenvalue weighted by Crippen LogP contribution is -2.02. The fourth-order valence-electron chi connectivity index (χ4n) is 1.73. The summed E-state index contributed by atoms with van der Waals surface area (Å²) in [7, 11) is 0. The lowest BCUT2D eigenvalue weighted by atomic mass is 10.1. The zero-order valence-electron chi connectivity index (χ0n) is 12.5. The highest BCUT2D eigenvalue weighted by molar-refractivity contribution is 6.17. The summed E-state index contributed by atoms with van der Waals surface area (Å²) in [6.45, 7) is 4.22. The lowest BCUT2D eigenvalue weighted by molar-refractivity contribution is -0.0531. The van der Waals surface area contributed by atoms with Crippen LogP contribution in [0.2, 0.25) is 0 Å². The van der Waals surface area contributed by atoms with Gasteiger partial charge in [0.2, 0.25) is 0 Å². The molecule has 19 heavy (non-hydrogen) atoms. The molecule has 2 nitrogen and oxygen atoms in total. The Hall–Kier alpha value is -0.0500. The first-order valence-electron chi connectivity index (χ1n) is 7.78. The van der Waals surface area contributed by atoms with Crippen LogP contribution in [-0.2, 0) is 9.47 Å². The highest BCUT2D eigenvalue weighted by Gasteiger charge is 1.89. The fourth-order valence-corrected chi connectivity index (χ4v) is 1.92. The number of unbranched alkanes of at least 4 members (excludes halogenated alkanes) is 6. The highest BCUT2D eigenvalue weighted by atomic mass is 35.5. The van der Waals surface area contributed by atoms with Crippen LogP contribution in [0.3, 0.4) is 0 Å². The molecule has 0 unspecified atom stereocenters. The predicted octanol–water partition coefficient (Wildman–Crippen LogP) is 5.30. The Labute approximate surface area is 124 Å². The molecular weight excluding hydrogens is 260 g/mol. The minimum atomic E-state index is 0.440. The van der Waals surface area contributed by atoms with E-state index in [1.807, 2.05) is 0 Å². The van der Waals surface area contributed by atoms with Gasteiger partial charge in [0.1, 0.15) is 6.79 Å². The molecule has 0 bridgehead atoms. The normalized spacial score (nSPS) is 11.5. The highest BCUT2D eigenvalue weighted by Crippen LogP contribution is 2.04. The quantitative estimate of drug-likeness (QED) is 0.176. The summed E-state index contributed by atoms with van der Waals surface area (Å²) in [5, 5.41) is 0. The minimum absolute atomic E-state index is 0.440. The van der Waals surface area contributed by atoms with Gasteiger partial charge in [-0.2, -0.15) is 0 Å². The summed E-state index contributed by atoms with van der Waals surface area (Å²) in [6.07, 6.45) is 15.2. The van der Waals surface area contributed by atoms with Crippen molar-refractivity contribution in [2.24, 2.45) is 0 Å². The topological polar surface area (TPSA) is 18.5 Å². The number of hydrogen-bond donors (Lipinski definition) is 0. The van der Waals surface area contributed by atoms with E-state index >= 15 is 0 Å². The van der Waals surface area contributed by atoms with Crippen molar-refractivity contribution < 1.29 is 9.47 Å². The molecule has 0 amide bonds. The Balaban J connectivity index is 3.00. The molecule has 0 aromatic rings. The van der Waals surface area contributed by atoms with Crippen LogP contribution in [0, 0.1) is 0 Å². The van der Waals surface area contributed by atoms with E-state index in [0.717, 1.165) is 38.4 Å². The smallest absolute Gasteiger partial charge is 0.146 e. The number of allylic oxidation sites excluding steroid dienone is 1. The van der Waals surface area contributed by atoms with E-state index in [1.165, 1.54) is 38.5 Å². The first-order chi connectivity index (χ1) is 9.41. The standard InChI is InChI=1S/C16H31ClO2/c1-2-3-11-14-18-16-19-15-12-9-7-5-4-6-8-10-13-17/h7,9H,2-6,8,10-16H2,1H3. The van der Waals surface area contributed by atoms with Gasteiger partial charge in [-0.25, -0.2) is 0 Å². The van der Waals surface area contributed by atoms with Crippen LogP contribution < -0.4 is 0 Å². The molecule has 0 aliphatic rings. The number of hydrogen-bond acceptors (Lipinski definition) is 2. The second kappa shape index (κ2) is 17.9. The van der Waals surface area contributed by atoms with Crippen molar-refractivity contribution >= 4 is 11.6 Å². The van der Waals surface area contributed by atoms with E-state index in [4.69, 9.17) is 21.1 Å². The molecular formula is C16H31ClO2. The van der Waals surface area contributed by atoms with E-state index in [1.54, 1.807) is 0 Å². The Morgan fingerprint density at radius 2 is 1.53 bits per heavy atom.